The molecule has 0 aromatic heterocycles. The average Bonchev–Trinajstić information content (AvgIpc) is 3.96. The zero-order valence-corrected chi connectivity index (χ0v) is 33.6. The van der Waals surface area contributed by atoms with Crippen LogP contribution in [0.2, 0.25) is 0 Å². The van der Waals surface area contributed by atoms with Crippen molar-refractivity contribution in [3.63, 3.8) is 0 Å². The molecule has 2 saturated heterocycles. The minimum absolute atomic E-state index is 0.0305. The Bertz CT molecular complexity index is 1830. The molecule has 0 saturated carbocycles. The van der Waals surface area contributed by atoms with Crippen LogP contribution in [0, 0.1) is 5.82 Å². The highest BCUT2D eigenvalue weighted by Crippen LogP contribution is 2.26. The number of aliphatic hydroxyl groups excluding tert-OH is 2. The molecule has 0 radical (unpaired) electrons. The SMILES string of the molecule is COC(=O)N[C@@H](CCO)C(=O)N1CCCC1C(=O)Nc1ccc(CN(Cc2ccc(NC(=O)[C@@H]3CCCN3C(=O)[C@H](CCO)NC(=O)OC)cc2)c2ccc(F)cc2)cc1. The van der Waals surface area contributed by atoms with E-state index in [0.29, 0.717) is 63.2 Å². The van der Waals surface area contributed by atoms with Crippen LogP contribution in [0.1, 0.15) is 49.7 Å². The molecule has 322 valence electrons. The molecule has 2 fully saturated rings. The van der Waals surface area contributed by atoms with E-state index in [-0.39, 0.29) is 43.7 Å². The third kappa shape index (κ3) is 11.9. The lowest BCUT2D eigenvalue weighted by Gasteiger charge is -2.28. The number of anilines is 3. The van der Waals surface area contributed by atoms with Gasteiger partial charge in [0.1, 0.15) is 30.0 Å². The number of halogens is 1. The van der Waals surface area contributed by atoms with Crippen LogP contribution < -0.4 is 26.2 Å². The molecule has 2 aliphatic rings. The van der Waals surface area contributed by atoms with Crippen molar-refractivity contribution in [2.45, 2.75) is 75.8 Å². The standard InChI is InChI=1S/C42H52FN7O10/c1-59-41(57)46-33(19-23-51)39(55)49-21-3-5-35(49)37(53)44-30-13-7-27(8-14-30)25-48(32-17-11-29(43)12-18-32)26-28-9-15-31(16-10-28)45-38(54)36-6-4-22-50(36)40(56)34(20-24-52)47-42(58)60-2/h7-18,33-36,51-52H,3-6,19-26H2,1-2H3,(H,44,53)(H,45,54)(H,46,57)(H,47,58)/t33-,34-,35-,36?/m0/s1. The molecule has 6 N–H and O–H groups in total. The van der Waals surface area contributed by atoms with E-state index in [2.05, 4.69) is 30.7 Å². The fourth-order valence-electron chi connectivity index (χ4n) is 7.35. The summed E-state index contributed by atoms with van der Waals surface area (Å²) < 4.78 is 23.2. The Morgan fingerprint density at radius 2 is 1.07 bits per heavy atom. The van der Waals surface area contributed by atoms with Gasteiger partial charge in [-0.15, -0.1) is 0 Å². The molecule has 6 amide bonds. The lowest BCUT2D eigenvalue weighted by molar-refractivity contribution is -0.138. The molecule has 18 heteroatoms. The van der Waals surface area contributed by atoms with Crippen LogP contribution in [0.5, 0.6) is 0 Å². The van der Waals surface area contributed by atoms with Crippen molar-refractivity contribution in [1.82, 2.24) is 20.4 Å². The van der Waals surface area contributed by atoms with Gasteiger partial charge in [-0.05, 0) is 98.2 Å². The summed E-state index contributed by atoms with van der Waals surface area (Å²) in [7, 11) is 2.34. The number of likely N-dealkylation sites (tertiary alicyclic amines) is 2. The van der Waals surface area contributed by atoms with Crippen molar-refractivity contribution in [2.75, 3.05) is 56.1 Å². The third-order valence-corrected chi connectivity index (χ3v) is 10.4. The topological polar surface area (TPSA) is 219 Å². The maximum Gasteiger partial charge on any atom is 0.407 e. The first-order valence-electron chi connectivity index (χ1n) is 19.8. The van der Waals surface area contributed by atoms with Gasteiger partial charge in [-0.2, -0.15) is 0 Å². The van der Waals surface area contributed by atoms with E-state index in [0.717, 1.165) is 16.8 Å². The van der Waals surface area contributed by atoms with E-state index in [9.17, 15) is 43.4 Å². The molecule has 0 aliphatic carbocycles. The number of rotatable bonds is 17. The third-order valence-electron chi connectivity index (χ3n) is 10.4. The van der Waals surface area contributed by atoms with E-state index in [1.165, 1.54) is 36.2 Å². The number of hydrogen-bond acceptors (Lipinski definition) is 11. The van der Waals surface area contributed by atoms with Gasteiger partial charge in [-0.25, -0.2) is 14.0 Å². The Morgan fingerprint density at radius 3 is 1.43 bits per heavy atom. The minimum Gasteiger partial charge on any atom is -0.453 e. The number of ether oxygens (including phenoxy) is 2. The molecular weight excluding hydrogens is 781 g/mol. The Morgan fingerprint density at radius 1 is 0.667 bits per heavy atom. The van der Waals surface area contributed by atoms with Gasteiger partial charge in [-0.3, -0.25) is 19.2 Å². The number of methoxy groups -OCH3 is 2. The molecule has 17 nitrogen and oxygen atoms in total. The first kappa shape index (κ1) is 44.8. The van der Waals surface area contributed by atoms with Crippen LogP contribution in [-0.4, -0.2) is 121 Å². The van der Waals surface area contributed by atoms with E-state index >= 15 is 0 Å². The lowest BCUT2D eigenvalue weighted by Crippen LogP contribution is -2.52. The number of nitrogens with zero attached hydrogens (tertiary/aromatic N) is 3. The molecule has 2 aliphatic heterocycles. The minimum atomic E-state index is -1.04. The molecule has 60 heavy (non-hydrogen) atoms. The molecule has 0 spiro atoms. The average molecular weight is 834 g/mol. The summed E-state index contributed by atoms with van der Waals surface area (Å²) in [6.07, 6.45) is 0.369. The molecular formula is C42H52FN7O10. The maximum absolute atomic E-state index is 13.9. The second-order valence-electron chi connectivity index (χ2n) is 14.5. The normalized spacial score (nSPS) is 16.9. The fraction of sp³-hybridized carbons (Fsp3) is 0.429. The predicted octanol–water partition coefficient (Wildman–Crippen LogP) is 3.11. The Balaban J connectivity index is 1.21. The predicted molar refractivity (Wildman–Crippen MR) is 218 cm³/mol. The number of amides is 6. The molecule has 4 atom stereocenters. The second-order valence-corrected chi connectivity index (χ2v) is 14.5. The van der Waals surface area contributed by atoms with Gasteiger partial charge in [-0.1, -0.05) is 24.3 Å². The van der Waals surface area contributed by atoms with E-state index in [1.54, 1.807) is 36.4 Å². The van der Waals surface area contributed by atoms with Crippen LogP contribution in [0.25, 0.3) is 0 Å². The molecule has 0 bridgehead atoms. The van der Waals surface area contributed by atoms with Crippen LogP contribution >= 0.6 is 0 Å². The van der Waals surface area contributed by atoms with E-state index in [4.69, 9.17) is 0 Å². The molecule has 1 unspecified atom stereocenters. The molecule has 2 heterocycles. The smallest absolute Gasteiger partial charge is 0.407 e. The molecule has 3 aromatic carbocycles. The van der Waals surface area contributed by atoms with Crippen molar-refractivity contribution in [3.05, 3.63) is 89.7 Å². The highest BCUT2D eigenvalue weighted by molar-refractivity contribution is 5.99. The maximum atomic E-state index is 13.9. The number of nitrogens with one attached hydrogen (secondary N) is 4. The summed E-state index contributed by atoms with van der Waals surface area (Å²) in [6, 6.07) is 16.9. The summed E-state index contributed by atoms with van der Waals surface area (Å²) in [5, 5.41) is 29.5. The van der Waals surface area contributed by atoms with Crippen molar-refractivity contribution in [3.8, 4) is 0 Å². The Hall–Kier alpha value is -6.27. The quantitative estimate of drug-likeness (QED) is 0.116. The van der Waals surface area contributed by atoms with Crippen LogP contribution in [0.15, 0.2) is 72.8 Å². The van der Waals surface area contributed by atoms with Gasteiger partial charge in [0.25, 0.3) is 0 Å². The highest BCUT2D eigenvalue weighted by Gasteiger charge is 2.39. The summed E-state index contributed by atoms with van der Waals surface area (Å²) in [5.74, 6) is -2.09. The Labute approximate surface area is 347 Å². The summed E-state index contributed by atoms with van der Waals surface area (Å²) >= 11 is 0. The number of benzene rings is 3. The van der Waals surface area contributed by atoms with Gasteiger partial charge >= 0.3 is 12.2 Å². The Kier molecular flexibility index (Phi) is 16.2. The fourth-order valence-corrected chi connectivity index (χ4v) is 7.35. The van der Waals surface area contributed by atoms with Crippen molar-refractivity contribution < 1.29 is 52.8 Å². The van der Waals surface area contributed by atoms with Crippen molar-refractivity contribution in [2.24, 2.45) is 0 Å². The lowest BCUT2D eigenvalue weighted by atomic mass is 10.1. The van der Waals surface area contributed by atoms with Gasteiger partial charge in [0.2, 0.25) is 23.6 Å². The number of hydrogen-bond donors (Lipinski definition) is 6. The van der Waals surface area contributed by atoms with Gasteiger partial charge in [0, 0.05) is 56.5 Å². The second kappa shape index (κ2) is 21.7. The zero-order valence-electron chi connectivity index (χ0n) is 33.6. The van der Waals surface area contributed by atoms with Crippen LogP contribution in [-0.2, 0) is 41.7 Å². The summed E-state index contributed by atoms with van der Waals surface area (Å²) in [6.45, 7) is 0.785. The zero-order chi connectivity index (χ0) is 43.2. The first-order chi connectivity index (χ1) is 28.9. The van der Waals surface area contributed by atoms with Crippen molar-refractivity contribution in [1.29, 1.82) is 0 Å². The summed E-state index contributed by atoms with van der Waals surface area (Å²) in [4.78, 5) is 81.7. The number of alkyl carbamates (subject to hydrolysis) is 2. The number of carbonyl (C=O) groups excluding carboxylic acids is 6. The first-order valence-corrected chi connectivity index (χ1v) is 19.8. The van der Waals surface area contributed by atoms with Gasteiger partial charge in [0.05, 0.1) is 14.2 Å². The highest BCUT2D eigenvalue weighted by atomic mass is 19.1. The number of carbonyl (C=O) groups is 6. The van der Waals surface area contributed by atoms with Gasteiger partial charge < -0.3 is 55.7 Å². The van der Waals surface area contributed by atoms with Crippen LogP contribution in [0.4, 0.5) is 31.0 Å². The number of aliphatic hydroxyl groups is 2. The summed E-state index contributed by atoms with van der Waals surface area (Å²) in [5.41, 5.74) is 3.56. The monoisotopic (exact) mass is 833 g/mol. The van der Waals surface area contributed by atoms with E-state index < -0.39 is 48.2 Å². The van der Waals surface area contributed by atoms with E-state index in [1.807, 2.05) is 29.2 Å². The molecule has 3 aromatic rings. The van der Waals surface area contributed by atoms with Gasteiger partial charge in [0.15, 0.2) is 0 Å². The molecule has 5 rings (SSSR count). The van der Waals surface area contributed by atoms with Crippen LogP contribution in [0.3, 0.4) is 0 Å². The van der Waals surface area contributed by atoms with Crippen molar-refractivity contribution >= 4 is 52.9 Å². The largest absolute Gasteiger partial charge is 0.453 e.